The molecule has 0 saturated carbocycles. The summed E-state index contributed by atoms with van der Waals surface area (Å²) in [5.74, 6) is 0.967. The van der Waals surface area contributed by atoms with Gasteiger partial charge in [-0.3, -0.25) is 4.79 Å². The molecular formula is C9H10ClN5O2. The maximum Gasteiger partial charge on any atom is 0.287 e. The molecule has 2 aromatic heterocycles. The zero-order chi connectivity index (χ0) is 12.4. The van der Waals surface area contributed by atoms with Gasteiger partial charge in [0.1, 0.15) is 5.02 Å². The monoisotopic (exact) mass is 255 g/mol. The van der Waals surface area contributed by atoms with Crippen LogP contribution < -0.4 is 10.9 Å². The van der Waals surface area contributed by atoms with E-state index >= 15 is 0 Å². The summed E-state index contributed by atoms with van der Waals surface area (Å²) < 4.78 is 5.97. The van der Waals surface area contributed by atoms with Gasteiger partial charge in [-0.15, -0.1) is 0 Å². The fourth-order valence-corrected chi connectivity index (χ4v) is 1.46. The van der Waals surface area contributed by atoms with Crippen LogP contribution in [-0.2, 0) is 13.6 Å². The lowest BCUT2D eigenvalue weighted by molar-refractivity contribution is 0.388. The van der Waals surface area contributed by atoms with E-state index in [4.69, 9.17) is 16.1 Å². The van der Waals surface area contributed by atoms with Gasteiger partial charge in [-0.2, -0.15) is 10.1 Å². The van der Waals surface area contributed by atoms with E-state index < -0.39 is 0 Å². The minimum Gasteiger partial charge on any atom is -0.375 e. The second-order valence-electron chi connectivity index (χ2n) is 3.38. The Labute approximate surface area is 101 Å². The van der Waals surface area contributed by atoms with Gasteiger partial charge in [0.15, 0.2) is 5.82 Å². The molecule has 2 heterocycles. The molecule has 0 saturated heterocycles. The molecule has 0 fully saturated rings. The topological polar surface area (TPSA) is 85.8 Å². The summed E-state index contributed by atoms with van der Waals surface area (Å²) >= 11 is 5.87. The first-order chi connectivity index (χ1) is 8.08. The van der Waals surface area contributed by atoms with Gasteiger partial charge < -0.3 is 9.84 Å². The number of rotatable bonds is 3. The fourth-order valence-electron chi connectivity index (χ4n) is 1.22. The maximum atomic E-state index is 11.5. The van der Waals surface area contributed by atoms with E-state index in [1.165, 1.54) is 13.2 Å². The smallest absolute Gasteiger partial charge is 0.287 e. The highest BCUT2D eigenvalue weighted by molar-refractivity contribution is 6.32. The Morgan fingerprint density at radius 2 is 2.35 bits per heavy atom. The molecule has 0 bridgehead atoms. The molecule has 0 spiro atoms. The van der Waals surface area contributed by atoms with E-state index in [0.29, 0.717) is 23.9 Å². The largest absolute Gasteiger partial charge is 0.375 e. The SMILES string of the molecule is Cc1nc(CNc2cnn(C)c(=O)c2Cl)no1. The molecule has 0 aliphatic carbocycles. The van der Waals surface area contributed by atoms with Crippen LogP contribution in [0.25, 0.3) is 0 Å². The van der Waals surface area contributed by atoms with Crippen molar-refractivity contribution in [1.82, 2.24) is 19.9 Å². The van der Waals surface area contributed by atoms with Crippen LogP contribution in [0.15, 0.2) is 15.5 Å². The molecule has 0 unspecified atom stereocenters. The number of aromatic nitrogens is 4. The number of anilines is 1. The lowest BCUT2D eigenvalue weighted by Crippen LogP contribution is -2.21. The summed E-state index contributed by atoms with van der Waals surface area (Å²) in [6.45, 7) is 2.01. The minimum absolute atomic E-state index is 0.0858. The van der Waals surface area contributed by atoms with Gasteiger partial charge in [0, 0.05) is 14.0 Å². The first-order valence-electron chi connectivity index (χ1n) is 4.83. The minimum atomic E-state index is -0.360. The van der Waals surface area contributed by atoms with Gasteiger partial charge in [0.05, 0.1) is 18.4 Å². The number of hydrogen-bond acceptors (Lipinski definition) is 6. The molecule has 2 rings (SSSR count). The molecule has 7 nitrogen and oxygen atoms in total. The number of nitrogens with one attached hydrogen (secondary N) is 1. The molecule has 1 N–H and O–H groups in total. The molecule has 0 aliphatic rings. The highest BCUT2D eigenvalue weighted by Crippen LogP contribution is 2.15. The molecule has 0 amide bonds. The van der Waals surface area contributed by atoms with E-state index in [2.05, 4.69) is 20.6 Å². The van der Waals surface area contributed by atoms with Crippen molar-refractivity contribution >= 4 is 17.3 Å². The predicted octanol–water partition coefficient (Wildman–Crippen LogP) is 0.737. The van der Waals surface area contributed by atoms with Crippen LogP contribution in [0, 0.1) is 6.92 Å². The normalized spacial score (nSPS) is 10.5. The van der Waals surface area contributed by atoms with Gasteiger partial charge in [0.25, 0.3) is 5.56 Å². The van der Waals surface area contributed by atoms with Crippen molar-refractivity contribution in [3.63, 3.8) is 0 Å². The van der Waals surface area contributed by atoms with Crippen molar-refractivity contribution in [3.05, 3.63) is 33.3 Å². The molecule has 0 aliphatic heterocycles. The van der Waals surface area contributed by atoms with Crippen molar-refractivity contribution in [1.29, 1.82) is 0 Å². The third kappa shape index (κ3) is 2.44. The van der Waals surface area contributed by atoms with Gasteiger partial charge in [-0.1, -0.05) is 16.8 Å². The molecule has 8 heteroatoms. The number of aryl methyl sites for hydroxylation is 2. The van der Waals surface area contributed by atoms with Gasteiger partial charge in [0.2, 0.25) is 5.89 Å². The van der Waals surface area contributed by atoms with Crippen LogP contribution in [0.2, 0.25) is 5.02 Å². The summed E-state index contributed by atoms with van der Waals surface area (Å²) in [6, 6.07) is 0. The number of nitrogens with zero attached hydrogens (tertiary/aromatic N) is 4. The van der Waals surface area contributed by atoms with Gasteiger partial charge in [-0.05, 0) is 0 Å². The second-order valence-corrected chi connectivity index (χ2v) is 3.76. The summed E-state index contributed by atoms with van der Waals surface area (Å²) in [5, 5.41) is 10.6. The molecule has 17 heavy (non-hydrogen) atoms. The number of halogens is 1. The second kappa shape index (κ2) is 4.54. The highest BCUT2D eigenvalue weighted by atomic mass is 35.5. The van der Waals surface area contributed by atoms with Crippen LogP contribution in [0.4, 0.5) is 5.69 Å². The summed E-state index contributed by atoms with van der Waals surface area (Å²) in [7, 11) is 1.53. The van der Waals surface area contributed by atoms with E-state index in [9.17, 15) is 4.79 Å². The Morgan fingerprint density at radius 1 is 1.59 bits per heavy atom. The van der Waals surface area contributed by atoms with E-state index in [1.807, 2.05) is 0 Å². The number of hydrogen-bond donors (Lipinski definition) is 1. The van der Waals surface area contributed by atoms with E-state index in [1.54, 1.807) is 6.92 Å². The lowest BCUT2D eigenvalue weighted by atomic mass is 10.4. The van der Waals surface area contributed by atoms with Crippen molar-refractivity contribution in [2.45, 2.75) is 13.5 Å². The Bertz CT molecular complexity index is 591. The zero-order valence-electron chi connectivity index (χ0n) is 9.27. The van der Waals surface area contributed by atoms with Crippen molar-refractivity contribution in [2.75, 3.05) is 5.32 Å². The molecule has 90 valence electrons. The lowest BCUT2D eigenvalue weighted by Gasteiger charge is -2.05. The molecule has 0 atom stereocenters. The maximum absolute atomic E-state index is 11.5. The third-order valence-corrected chi connectivity index (χ3v) is 2.45. The van der Waals surface area contributed by atoms with Crippen LogP contribution in [0.5, 0.6) is 0 Å². The van der Waals surface area contributed by atoms with Crippen molar-refractivity contribution in [2.24, 2.45) is 7.05 Å². The summed E-state index contributed by atoms with van der Waals surface area (Å²) in [5.41, 5.74) is 0.0816. The Balaban J connectivity index is 2.15. The fraction of sp³-hybridized carbons (Fsp3) is 0.333. The van der Waals surface area contributed by atoms with Crippen molar-refractivity contribution < 1.29 is 4.52 Å². The third-order valence-electron chi connectivity index (χ3n) is 2.08. The zero-order valence-corrected chi connectivity index (χ0v) is 10.0. The average molecular weight is 256 g/mol. The van der Waals surface area contributed by atoms with Crippen LogP contribution in [0.3, 0.4) is 0 Å². The predicted molar refractivity (Wildman–Crippen MR) is 60.8 cm³/mol. The van der Waals surface area contributed by atoms with Crippen LogP contribution in [-0.4, -0.2) is 19.9 Å². The first-order valence-corrected chi connectivity index (χ1v) is 5.20. The molecule has 0 radical (unpaired) electrons. The Hall–Kier alpha value is -1.89. The quantitative estimate of drug-likeness (QED) is 0.871. The van der Waals surface area contributed by atoms with Crippen molar-refractivity contribution in [3.8, 4) is 0 Å². The van der Waals surface area contributed by atoms with Crippen LogP contribution >= 0.6 is 11.6 Å². The summed E-state index contributed by atoms with van der Waals surface area (Å²) in [6.07, 6.45) is 1.47. The van der Waals surface area contributed by atoms with Gasteiger partial charge >= 0.3 is 0 Å². The molecular weight excluding hydrogens is 246 g/mol. The van der Waals surface area contributed by atoms with E-state index in [-0.39, 0.29) is 10.6 Å². The Morgan fingerprint density at radius 3 is 3.00 bits per heavy atom. The average Bonchev–Trinajstić information content (AvgIpc) is 2.71. The highest BCUT2D eigenvalue weighted by Gasteiger charge is 2.08. The molecule has 2 aromatic rings. The van der Waals surface area contributed by atoms with E-state index in [0.717, 1.165) is 4.68 Å². The first kappa shape index (κ1) is 11.6. The summed E-state index contributed by atoms with van der Waals surface area (Å²) in [4.78, 5) is 15.5. The molecule has 0 aromatic carbocycles. The Kier molecular flexibility index (Phi) is 3.10. The van der Waals surface area contributed by atoms with Gasteiger partial charge in [-0.25, -0.2) is 4.68 Å². The van der Waals surface area contributed by atoms with Crippen LogP contribution in [0.1, 0.15) is 11.7 Å². The standard InChI is InChI=1S/C9H10ClN5O2/c1-5-13-7(14-17-5)4-11-6-3-12-15(2)9(16)8(6)10/h3,11H,4H2,1-2H3.